The molecule has 0 spiro atoms. The SMILES string of the molecule is O=C(Nc1cc(Cl)ccc1Cl)NC12CC3CC(CC(C3)C1)C2. The number of hydrogen-bond acceptors (Lipinski definition) is 1. The fraction of sp³-hybridized carbons (Fsp3) is 0.588. The van der Waals surface area contributed by atoms with E-state index in [9.17, 15) is 4.79 Å². The van der Waals surface area contributed by atoms with Crippen LogP contribution in [0.3, 0.4) is 0 Å². The summed E-state index contributed by atoms with van der Waals surface area (Å²) in [7, 11) is 0. The molecule has 22 heavy (non-hydrogen) atoms. The van der Waals surface area contributed by atoms with E-state index in [-0.39, 0.29) is 11.6 Å². The lowest BCUT2D eigenvalue weighted by Gasteiger charge is -2.56. The van der Waals surface area contributed by atoms with Crippen LogP contribution in [0.25, 0.3) is 0 Å². The maximum atomic E-state index is 12.4. The molecule has 0 atom stereocenters. The number of urea groups is 1. The van der Waals surface area contributed by atoms with Crippen molar-refractivity contribution in [2.75, 3.05) is 5.32 Å². The minimum absolute atomic E-state index is 0.00385. The van der Waals surface area contributed by atoms with Crippen molar-refractivity contribution in [3.8, 4) is 0 Å². The second-order valence-electron chi connectivity index (χ2n) is 7.40. The highest BCUT2D eigenvalue weighted by atomic mass is 35.5. The zero-order valence-electron chi connectivity index (χ0n) is 12.4. The van der Waals surface area contributed by atoms with Crippen molar-refractivity contribution >= 4 is 34.9 Å². The van der Waals surface area contributed by atoms with Crippen molar-refractivity contribution in [3.05, 3.63) is 28.2 Å². The smallest absolute Gasteiger partial charge is 0.319 e. The average Bonchev–Trinajstić information content (AvgIpc) is 2.40. The average molecular weight is 339 g/mol. The number of nitrogens with one attached hydrogen (secondary N) is 2. The Labute approximate surface area is 140 Å². The molecule has 1 aromatic rings. The molecule has 0 saturated heterocycles. The first kappa shape index (κ1) is 14.6. The van der Waals surface area contributed by atoms with E-state index < -0.39 is 0 Å². The summed E-state index contributed by atoms with van der Waals surface area (Å²) >= 11 is 12.1. The summed E-state index contributed by atoms with van der Waals surface area (Å²) in [6, 6.07) is 4.94. The van der Waals surface area contributed by atoms with Crippen LogP contribution in [0.4, 0.5) is 10.5 Å². The molecule has 0 aliphatic heterocycles. The molecule has 0 aromatic heterocycles. The molecule has 4 aliphatic carbocycles. The van der Waals surface area contributed by atoms with Crippen molar-refractivity contribution in [2.24, 2.45) is 17.8 Å². The summed E-state index contributed by atoms with van der Waals surface area (Å²) in [5, 5.41) is 7.20. The Balaban J connectivity index is 1.47. The molecule has 0 heterocycles. The van der Waals surface area contributed by atoms with Crippen LogP contribution in [0.1, 0.15) is 38.5 Å². The molecule has 4 saturated carbocycles. The fourth-order valence-electron chi connectivity index (χ4n) is 5.25. The van der Waals surface area contributed by atoms with E-state index in [2.05, 4.69) is 10.6 Å². The maximum Gasteiger partial charge on any atom is 0.319 e. The molecule has 0 radical (unpaired) electrons. The summed E-state index contributed by atoms with van der Waals surface area (Å²) in [4.78, 5) is 12.4. The molecule has 118 valence electrons. The Bertz CT molecular complexity index is 581. The highest BCUT2D eigenvalue weighted by molar-refractivity contribution is 6.35. The second-order valence-corrected chi connectivity index (χ2v) is 8.24. The summed E-state index contributed by atoms with van der Waals surface area (Å²) < 4.78 is 0. The van der Waals surface area contributed by atoms with Gasteiger partial charge in [-0.15, -0.1) is 0 Å². The first-order valence-electron chi connectivity index (χ1n) is 8.06. The molecule has 4 bridgehead atoms. The second kappa shape index (κ2) is 5.31. The Hall–Kier alpha value is -0.930. The first-order valence-corrected chi connectivity index (χ1v) is 8.81. The molecular formula is C17H20Cl2N2O. The topological polar surface area (TPSA) is 41.1 Å². The van der Waals surface area contributed by atoms with Gasteiger partial charge in [-0.2, -0.15) is 0 Å². The summed E-state index contributed by atoms with van der Waals surface area (Å²) in [5.41, 5.74) is 0.570. The molecule has 4 aliphatic rings. The van der Waals surface area contributed by atoms with Gasteiger partial charge in [0.15, 0.2) is 0 Å². The number of benzene rings is 1. The predicted molar refractivity (Wildman–Crippen MR) is 89.5 cm³/mol. The fourth-order valence-corrected chi connectivity index (χ4v) is 5.59. The van der Waals surface area contributed by atoms with Gasteiger partial charge in [0.05, 0.1) is 10.7 Å². The van der Waals surface area contributed by atoms with E-state index in [1.807, 2.05) is 0 Å². The molecule has 2 amide bonds. The van der Waals surface area contributed by atoms with Crippen LogP contribution in [-0.4, -0.2) is 11.6 Å². The van der Waals surface area contributed by atoms with Crippen LogP contribution < -0.4 is 10.6 Å². The van der Waals surface area contributed by atoms with Crippen molar-refractivity contribution < 1.29 is 4.79 Å². The van der Waals surface area contributed by atoms with Crippen LogP contribution in [0.15, 0.2) is 18.2 Å². The van der Waals surface area contributed by atoms with Crippen molar-refractivity contribution in [2.45, 2.75) is 44.1 Å². The van der Waals surface area contributed by atoms with Crippen molar-refractivity contribution in [1.29, 1.82) is 0 Å². The number of carbonyl (C=O) groups excluding carboxylic acids is 1. The molecule has 0 unspecified atom stereocenters. The lowest BCUT2D eigenvalue weighted by atomic mass is 9.53. The van der Waals surface area contributed by atoms with E-state index >= 15 is 0 Å². The summed E-state index contributed by atoms with van der Waals surface area (Å²) in [6.07, 6.45) is 7.50. The van der Waals surface area contributed by atoms with E-state index in [0.29, 0.717) is 15.7 Å². The Morgan fingerprint density at radius 1 is 1.05 bits per heavy atom. The number of amides is 2. The van der Waals surface area contributed by atoms with E-state index in [1.54, 1.807) is 18.2 Å². The third-order valence-electron chi connectivity index (χ3n) is 5.59. The standard InChI is InChI=1S/C17H20Cl2N2O/c18-13-1-2-14(19)15(6-13)20-16(22)21-17-7-10-3-11(8-17)5-12(4-10)9-17/h1-2,6,10-12H,3-5,7-9H2,(H2,20,21,22). The minimum atomic E-state index is -0.161. The quantitative estimate of drug-likeness (QED) is 0.775. The molecule has 4 fully saturated rings. The first-order chi connectivity index (χ1) is 10.5. The van der Waals surface area contributed by atoms with Gasteiger partial charge in [-0.25, -0.2) is 4.79 Å². The third-order valence-corrected chi connectivity index (χ3v) is 6.16. The van der Waals surface area contributed by atoms with Crippen molar-refractivity contribution in [1.82, 2.24) is 5.32 Å². The summed E-state index contributed by atoms with van der Waals surface area (Å²) in [5.74, 6) is 2.42. The molecule has 2 N–H and O–H groups in total. The molecule has 3 nitrogen and oxygen atoms in total. The lowest BCUT2D eigenvalue weighted by Crippen LogP contribution is -2.60. The van der Waals surface area contributed by atoms with Gasteiger partial charge in [-0.3, -0.25) is 0 Å². The van der Waals surface area contributed by atoms with Crippen LogP contribution in [0.2, 0.25) is 10.0 Å². The summed E-state index contributed by atoms with van der Waals surface area (Å²) in [6.45, 7) is 0. The van der Waals surface area contributed by atoms with Crippen molar-refractivity contribution in [3.63, 3.8) is 0 Å². The molecule has 1 aromatic carbocycles. The van der Waals surface area contributed by atoms with E-state index in [1.165, 1.54) is 19.3 Å². The zero-order chi connectivity index (χ0) is 15.3. The monoisotopic (exact) mass is 338 g/mol. The Morgan fingerprint density at radius 3 is 2.23 bits per heavy atom. The largest absolute Gasteiger partial charge is 0.332 e. The van der Waals surface area contributed by atoms with Gasteiger partial charge in [0.2, 0.25) is 0 Å². The highest BCUT2D eigenvalue weighted by Gasteiger charge is 2.51. The number of hydrogen-bond donors (Lipinski definition) is 2. The lowest BCUT2D eigenvalue weighted by molar-refractivity contribution is -0.0127. The molecule has 5 rings (SSSR count). The number of carbonyl (C=O) groups is 1. The predicted octanol–water partition coefficient (Wildman–Crippen LogP) is 5.08. The van der Waals surface area contributed by atoms with Crippen LogP contribution in [0.5, 0.6) is 0 Å². The van der Waals surface area contributed by atoms with Crippen LogP contribution >= 0.6 is 23.2 Å². The third kappa shape index (κ3) is 2.69. The molecule has 5 heteroatoms. The minimum Gasteiger partial charge on any atom is -0.332 e. The number of anilines is 1. The Morgan fingerprint density at radius 2 is 1.64 bits per heavy atom. The number of halogens is 2. The van der Waals surface area contributed by atoms with Gasteiger partial charge in [0.25, 0.3) is 0 Å². The van der Waals surface area contributed by atoms with E-state index in [0.717, 1.165) is 37.0 Å². The molecular weight excluding hydrogens is 319 g/mol. The van der Waals surface area contributed by atoms with Crippen LogP contribution in [0, 0.1) is 17.8 Å². The Kier molecular flexibility index (Phi) is 3.54. The van der Waals surface area contributed by atoms with Gasteiger partial charge < -0.3 is 10.6 Å². The van der Waals surface area contributed by atoms with Gasteiger partial charge in [0.1, 0.15) is 0 Å². The van der Waals surface area contributed by atoms with Gasteiger partial charge in [0, 0.05) is 10.6 Å². The van der Waals surface area contributed by atoms with Crippen LogP contribution in [-0.2, 0) is 0 Å². The number of rotatable bonds is 2. The maximum absolute atomic E-state index is 12.4. The van der Waals surface area contributed by atoms with Gasteiger partial charge in [-0.1, -0.05) is 23.2 Å². The zero-order valence-corrected chi connectivity index (χ0v) is 13.9. The van der Waals surface area contributed by atoms with E-state index in [4.69, 9.17) is 23.2 Å². The van der Waals surface area contributed by atoms with Gasteiger partial charge in [-0.05, 0) is 74.5 Å². The van der Waals surface area contributed by atoms with Gasteiger partial charge >= 0.3 is 6.03 Å². The normalized spacial score (nSPS) is 35.5. The highest BCUT2D eigenvalue weighted by Crippen LogP contribution is 2.55.